The third kappa shape index (κ3) is 3.73. The SMILES string of the molecule is C=C[C@@H](c1ccc(OC)cc1)[C@@H](C=O)CCCC. The first-order valence-corrected chi connectivity index (χ1v) is 6.48. The van der Waals surface area contributed by atoms with Gasteiger partial charge < -0.3 is 9.53 Å². The highest BCUT2D eigenvalue weighted by Gasteiger charge is 2.19. The first kappa shape index (κ1) is 14.5. The zero-order chi connectivity index (χ0) is 13.4. The third-order valence-corrected chi connectivity index (χ3v) is 3.28. The molecule has 18 heavy (non-hydrogen) atoms. The van der Waals surface area contributed by atoms with Crippen LogP contribution in [0.3, 0.4) is 0 Å². The number of methoxy groups -OCH3 is 1. The molecule has 0 saturated heterocycles. The summed E-state index contributed by atoms with van der Waals surface area (Å²) < 4.78 is 5.14. The monoisotopic (exact) mass is 246 g/mol. The van der Waals surface area contributed by atoms with Crippen LogP contribution in [-0.2, 0) is 4.79 Å². The summed E-state index contributed by atoms with van der Waals surface area (Å²) in [5, 5.41) is 0. The van der Waals surface area contributed by atoms with Crippen LogP contribution < -0.4 is 4.74 Å². The van der Waals surface area contributed by atoms with E-state index >= 15 is 0 Å². The van der Waals surface area contributed by atoms with Gasteiger partial charge in [-0.3, -0.25) is 0 Å². The van der Waals surface area contributed by atoms with Gasteiger partial charge in [-0.1, -0.05) is 38.0 Å². The predicted molar refractivity (Wildman–Crippen MR) is 75.0 cm³/mol. The molecule has 0 amide bonds. The van der Waals surface area contributed by atoms with Gasteiger partial charge in [0.15, 0.2) is 0 Å². The van der Waals surface area contributed by atoms with Crippen molar-refractivity contribution in [1.29, 1.82) is 0 Å². The average Bonchev–Trinajstić information content (AvgIpc) is 2.43. The van der Waals surface area contributed by atoms with Gasteiger partial charge in [0, 0.05) is 11.8 Å². The molecule has 0 aromatic heterocycles. The molecule has 0 N–H and O–H groups in total. The van der Waals surface area contributed by atoms with Crippen molar-refractivity contribution in [2.24, 2.45) is 5.92 Å². The topological polar surface area (TPSA) is 26.3 Å². The number of rotatable bonds is 8. The van der Waals surface area contributed by atoms with Gasteiger partial charge in [0.2, 0.25) is 0 Å². The molecule has 2 atom stereocenters. The molecule has 0 aliphatic heterocycles. The molecule has 2 nitrogen and oxygen atoms in total. The van der Waals surface area contributed by atoms with Crippen LogP contribution in [0.5, 0.6) is 5.75 Å². The Morgan fingerprint density at radius 2 is 2.00 bits per heavy atom. The molecule has 0 spiro atoms. The lowest BCUT2D eigenvalue weighted by Gasteiger charge is -2.20. The van der Waals surface area contributed by atoms with Crippen molar-refractivity contribution in [3.05, 3.63) is 42.5 Å². The Morgan fingerprint density at radius 1 is 1.33 bits per heavy atom. The predicted octanol–water partition coefficient (Wildman–Crippen LogP) is 3.97. The minimum atomic E-state index is 0.0239. The lowest BCUT2D eigenvalue weighted by atomic mass is 9.84. The summed E-state index contributed by atoms with van der Waals surface area (Å²) in [6.45, 7) is 6.00. The number of carbonyl (C=O) groups excluding carboxylic acids is 1. The molecule has 1 aromatic rings. The Labute approximate surface area is 110 Å². The van der Waals surface area contributed by atoms with Crippen LogP contribution in [0.2, 0.25) is 0 Å². The number of allylic oxidation sites excluding steroid dienone is 1. The standard InChI is InChI=1S/C16H22O2/c1-4-6-7-14(12-17)16(5-2)13-8-10-15(18-3)11-9-13/h5,8-12,14,16H,2,4,6-7H2,1,3H3/t14-,16+/m1/s1. The summed E-state index contributed by atoms with van der Waals surface area (Å²) in [5.74, 6) is 0.952. The van der Waals surface area contributed by atoms with E-state index in [1.165, 1.54) is 0 Å². The maximum atomic E-state index is 11.2. The van der Waals surface area contributed by atoms with Crippen molar-refractivity contribution in [2.45, 2.75) is 32.1 Å². The van der Waals surface area contributed by atoms with Crippen molar-refractivity contribution in [3.63, 3.8) is 0 Å². The molecule has 2 heteroatoms. The largest absolute Gasteiger partial charge is 0.497 e. The van der Waals surface area contributed by atoms with Crippen LogP contribution in [0, 0.1) is 5.92 Å². The fourth-order valence-electron chi connectivity index (χ4n) is 2.16. The molecular weight excluding hydrogens is 224 g/mol. The minimum Gasteiger partial charge on any atom is -0.497 e. The van der Waals surface area contributed by atoms with Gasteiger partial charge in [0.05, 0.1) is 7.11 Å². The van der Waals surface area contributed by atoms with E-state index in [9.17, 15) is 4.79 Å². The highest BCUT2D eigenvalue weighted by atomic mass is 16.5. The molecule has 1 rings (SSSR count). The Hall–Kier alpha value is -1.57. The fraction of sp³-hybridized carbons (Fsp3) is 0.438. The maximum absolute atomic E-state index is 11.2. The Balaban J connectivity index is 2.85. The third-order valence-electron chi connectivity index (χ3n) is 3.28. The van der Waals surface area contributed by atoms with Gasteiger partial charge in [-0.2, -0.15) is 0 Å². The number of hydrogen-bond acceptors (Lipinski definition) is 2. The van der Waals surface area contributed by atoms with E-state index in [0.717, 1.165) is 36.9 Å². The van der Waals surface area contributed by atoms with E-state index in [0.29, 0.717) is 0 Å². The van der Waals surface area contributed by atoms with E-state index < -0.39 is 0 Å². The lowest BCUT2D eigenvalue weighted by molar-refractivity contribution is -0.111. The van der Waals surface area contributed by atoms with Crippen molar-refractivity contribution in [2.75, 3.05) is 7.11 Å². The fourth-order valence-corrected chi connectivity index (χ4v) is 2.16. The Morgan fingerprint density at radius 3 is 2.44 bits per heavy atom. The Bertz CT molecular complexity index is 367. The first-order valence-electron chi connectivity index (χ1n) is 6.48. The molecule has 98 valence electrons. The first-order chi connectivity index (χ1) is 8.76. The highest BCUT2D eigenvalue weighted by Crippen LogP contribution is 2.29. The molecule has 0 aliphatic carbocycles. The van der Waals surface area contributed by atoms with Gasteiger partial charge in [0.25, 0.3) is 0 Å². The zero-order valence-corrected chi connectivity index (χ0v) is 11.3. The van der Waals surface area contributed by atoms with Crippen molar-refractivity contribution >= 4 is 6.29 Å². The van der Waals surface area contributed by atoms with E-state index in [1.54, 1.807) is 7.11 Å². The van der Waals surface area contributed by atoms with Gasteiger partial charge in [-0.05, 0) is 24.1 Å². The maximum Gasteiger partial charge on any atom is 0.123 e. The summed E-state index contributed by atoms with van der Waals surface area (Å²) in [6, 6.07) is 7.86. The molecule has 0 bridgehead atoms. The van der Waals surface area contributed by atoms with Gasteiger partial charge in [-0.25, -0.2) is 0 Å². The zero-order valence-electron chi connectivity index (χ0n) is 11.3. The van der Waals surface area contributed by atoms with E-state index in [2.05, 4.69) is 13.5 Å². The van der Waals surface area contributed by atoms with Crippen LogP contribution in [0.4, 0.5) is 0 Å². The summed E-state index contributed by atoms with van der Waals surface area (Å²) in [6.07, 6.45) is 6.03. The molecule has 0 radical (unpaired) electrons. The quantitative estimate of drug-likeness (QED) is 0.512. The Kier molecular flexibility index (Phi) is 6.20. The van der Waals surface area contributed by atoms with E-state index in [4.69, 9.17) is 4.74 Å². The van der Waals surface area contributed by atoms with Crippen LogP contribution in [-0.4, -0.2) is 13.4 Å². The summed E-state index contributed by atoms with van der Waals surface area (Å²) in [5.41, 5.74) is 1.12. The van der Waals surface area contributed by atoms with Crippen LogP contribution in [0.15, 0.2) is 36.9 Å². The molecule has 0 saturated carbocycles. The highest BCUT2D eigenvalue weighted by molar-refractivity contribution is 5.57. The number of benzene rings is 1. The number of carbonyl (C=O) groups is 1. The summed E-state index contributed by atoms with van der Waals surface area (Å²) in [7, 11) is 1.65. The van der Waals surface area contributed by atoms with Crippen molar-refractivity contribution in [3.8, 4) is 5.75 Å². The van der Waals surface area contributed by atoms with Crippen LogP contribution >= 0.6 is 0 Å². The molecule has 0 unspecified atom stereocenters. The second-order valence-corrected chi connectivity index (χ2v) is 4.48. The molecule has 0 heterocycles. The number of hydrogen-bond donors (Lipinski definition) is 0. The smallest absolute Gasteiger partial charge is 0.123 e. The van der Waals surface area contributed by atoms with Crippen molar-refractivity contribution < 1.29 is 9.53 Å². The number of unbranched alkanes of at least 4 members (excludes halogenated alkanes) is 1. The lowest BCUT2D eigenvalue weighted by Crippen LogP contribution is -2.12. The van der Waals surface area contributed by atoms with E-state index in [1.807, 2.05) is 30.3 Å². The molecule has 1 aromatic carbocycles. The average molecular weight is 246 g/mol. The van der Waals surface area contributed by atoms with Crippen molar-refractivity contribution in [1.82, 2.24) is 0 Å². The second-order valence-electron chi connectivity index (χ2n) is 4.48. The molecule has 0 aliphatic rings. The van der Waals surface area contributed by atoms with E-state index in [-0.39, 0.29) is 11.8 Å². The minimum absolute atomic E-state index is 0.0239. The normalized spacial score (nSPS) is 13.7. The molecule has 0 fully saturated rings. The van der Waals surface area contributed by atoms with Crippen LogP contribution in [0.25, 0.3) is 0 Å². The number of aldehydes is 1. The van der Waals surface area contributed by atoms with Gasteiger partial charge in [0.1, 0.15) is 12.0 Å². The summed E-state index contributed by atoms with van der Waals surface area (Å²) >= 11 is 0. The number of ether oxygens (including phenoxy) is 1. The van der Waals surface area contributed by atoms with Gasteiger partial charge in [-0.15, -0.1) is 6.58 Å². The molecular formula is C16H22O2. The second kappa shape index (κ2) is 7.70. The van der Waals surface area contributed by atoms with Crippen LogP contribution in [0.1, 0.15) is 37.7 Å². The van der Waals surface area contributed by atoms with Gasteiger partial charge >= 0.3 is 0 Å². The summed E-state index contributed by atoms with van der Waals surface area (Å²) in [4.78, 5) is 11.2.